The van der Waals surface area contributed by atoms with Gasteiger partial charge in [0.25, 0.3) is 10.0 Å². The lowest BCUT2D eigenvalue weighted by atomic mass is 10.4. The van der Waals surface area contributed by atoms with Gasteiger partial charge in [-0.05, 0) is 13.8 Å². The smallest absolute Gasteiger partial charge is 0.259 e. The van der Waals surface area contributed by atoms with Gasteiger partial charge in [-0.25, -0.2) is 18.1 Å². The van der Waals surface area contributed by atoms with Crippen molar-refractivity contribution < 1.29 is 8.42 Å². The first kappa shape index (κ1) is 9.21. The highest BCUT2D eigenvalue weighted by atomic mass is 32.2. The van der Waals surface area contributed by atoms with Crippen LogP contribution in [0.1, 0.15) is 13.8 Å². The Morgan fingerprint density at radius 3 is 2.67 bits per heavy atom. The molecule has 0 atom stereocenters. The van der Waals surface area contributed by atoms with Gasteiger partial charge in [0.2, 0.25) is 0 Å². The van der Waals surface area contributed by atoms with Gasteiger partial charge in [-0.2, -0.15) is 0 Å². The van der Waals surface area contributed by atoms with Crippen molar-refractivity contribution in [1.29, 1.82) is 0 Å². The Hall–Kier alpha value is -0.880. The fraction of sp³-hybridized carbons (Fsp3) is 0.500. The summed E-state index contributed by atoms with van der Waals surface area (Å²) in [7, 11) is -3.41. The minimum atomic E-state index is -3.41. The third-order valence-corrected chi connectivity index (χ3v) is 2.69. The molecular formula is C6H11N3O2S. The van der Waals surface area contributed by atoms with Crippen molar-refractivity contribution in [3.8, 4) is 0 Å². The summed E-state index contributed by atoms with van der Waals surface area (Å²) in [5, 5.41) is 0.0243. The van der Waals surface area contributed by atoms with Gasteiger partial charge in [0.05, 0.1) is 6.33 Å². The second-order valence-electron chi connectivity index (χ2n) is 2.68. The van der Waals surface area contributed by atoms with Gasteiger partial charge in [0, 0.05) is 12.2 Å². The molecule has 2 N–H and O–H groups in total. The summed E-state index contributed by atoms with van der Waals surface area (Å²) in [6, 6.07) is -0.119. The van der Waals surface area contributed by atoms with Crippen LogP contribution in [0.25, 0.3) is 0 Å². The first-order chi connectivity index (χ1) is 5.52. The number of nitrogens with zero attached hydrogens (tertiary/aromatic N) is 1. The summed E-state index contributed by atoms with van der Waals surface area (Å²) in [6.45, 7) is 3.51. The van der Waals surface area contributed by atoms with Crippen molar-refractivity contribution in [2.75, 3.05) is 0 Å². The molecule has 1 aromatic heterocycles. The maximum absolute atomic E-state index is 11.3. The summed E-state index contributed by atoms with van der Waals surface area (Å²) in [5.41, 5.74) is 0. The molecule has 0 radical (unpaired) electrons. The number of imidazole rings is 1. The number of hydrogen-bond donors (Lipinski definition) is 2. The van der Waals surface area contributed by atoms with Gasteiger partial charge in [-0.1, -0.05) is 0 Å². The molecule has 0 aliphatic heterocycles. The number of hydrogen-bond acceptors (Lipinski definition) is 3. The standard InChI is InChI=1S/C6H11N3O2S/c1-5(2)9-12(10,11)6-3-7-4-8-6/h3-5,9H,1-2H3,(H,7,8). The molecule has 1 rings (SSSR count). The van der Waals surface area contributed by atoms with E-state index in [4.69, 9.17) is 0 Å². The van der Waals surface area contributed by atoms with Crippen molar-refractivity contribution in [3.05, 3.63) is 12.5 Å². The number of sulfonamides is 1. The largest absolute Gasteiger partial charge is 0.350 e. The van der Waals surface area contributed by atoms with Crippen LogP contribution in [0.3, 0.4) is 0 Å². The quantitative estimate of drug-likeness (QED) is 0.708. The molecule has 1 heterocycles. The molecule has 0 aliphatic rings. The van der Waals surface area contributed by atoms with E-state index in [1.807, 2.05) is 0 Å². The normalized spacial score (nSPS) is 12.2. The van der Waals surface area contributed by atoms with E-state index in [9.17, 15) is 8.42 Å². The third kappa shape index (κ3) is 2.05. The van der Waals surface area contributed by atoms with Crippen LogP contribution < -0.4 is 4.72 Å². The second-order valence-corrected chi connectivity index (χ2v) is 4.34. The highest BCUT2D eigenvalue weighted by Crippen LogP contribution is 2.02. The number of H-pyrrole nitrogens is 1. The molecule has 0 unspecified atom stereocenters. The summed E-state index contributed by atoms with van der Waals surface area (Å²) >= 11 is 0. The van der Waals surface area contributed by atoms with Crippen LogP contribution in [0.2, 0.25) is 0 Å². The Morgan fingerprint density at radius 2 is 2.25 bits per heavy atom. The number of aromatic nitrogens is 2. The van der Waals surface area contributed by atoms with Gasteiger partial charge < -0.3 is 4.98 Å². The van der Waals surface area contributed by atoms with E-state index in [1.165, 1.54) is 12.5 Å². The van der Waals surface area contributed by atoms with E-state index in [1.54, 1.807) is 13.8 Å². The Kier molecular flexibility index (Phi) is 2.49. The highest BCUT2D eigenvalue weighted by molar-refractivity contribution is 7.89. The van der Waals surface area contributed by atoms with Crippen molar-refractivity contribution in [2.45, 2.75) is 24.9 Å². The van der Waals surface area contributed by atoms with E-state index in [0.29, 0.717) is 0 Å². The van der Waals surface area contributed by atoms with Crippen LogP contribution in [0.15, 0.2) is 17.6 Å². The van der Waals surface area contributed by atoms with Gasteiger partial charge in [0.1, 0.15) is 0 Å². The van der Waals surface area contributed by atoms with Crippen LogP contribution in [-0.4, -0.2) is 24.4 Å². The zero-order valence-corrected chi connectivity index (χ0v) is 7.72. The fourth-order valence-corrected chi connectivity index (χ4v) is 1.92. The van der Waals surface area contributed by atoms with E-state index in [2.05, 4.69) is 14.7 Å². The van der Waals surface area contributed by atoms with Crippen LogP contribution >= 0.6 is 0 Å². The number of aromatic amines is 1. The number of nitrogens with one attached hydrogen (secondary N) is 2. The van der Waals surface area contributed by atoms with E-state index >= 15 is 0 Å². The molecule has 0 fully saturated rings. The lowest BCUT2D eigenvalue weighted by Gasteiger charge is -2.05. The maximum Gasteiger partial charge on any atom is 0.259 e. The average molecular weight is 189 g/mol. The second kappa shape index (κ2) is 3.24. The van der Waals surface area contributed by atoms with E-state index in [0.717, 1.165) is 0 Å². The molecule has 0 spiro atoms. The summed E-state index contributed by atoms with van der Waals surface area (Å²) < 4.78 is 25.0. The SMILES string of the molecule is CC(C)NS(=O)(=O)c1c[nH]cn1. The molecule has 0 aliphatic carbocycles. The molecule has 0 aromatic carbocycles. The zero-order valence-electron chi connectivity index (χ0n) is 6.90. The molecule has 0 saturated carbocycles. The highest BCUT2D eigenvalue weighted by Gasteiger charge is 2.16. The van der Waals surface area contributed by atoms with Crippen LogP contribution in [-0.2, 0) is 10.0 Å². The Bertz CT molecular complexity index is 328. The molecule has 0 bridgehead atoms. The molecule has 12 heavy (non-hydrogen) atoms. The van der Waals surface area contributed by atoms with Gasteiger partial charge >= 0.3 is 0 Å². The molecule has 6 heteroatoms. The molecule has 0 saturated heterocycles. The summed E-state index contributed by atoms with van der Waals surface area (Å²) in [5.74, 6) is 0. The van der Waals surface area contributed by atoms with Crippen molar-refractivity contribution >= 4 is 10.0 Å². The van der Waals surface area contributed by atoms with Crippen LogP contribution in [0.4, 0.5) is 0 Å². The Morgan fingerprint density at radius 1 is 1.58 bits per heavy atom. The zero-order chi connectivity index (χ0) is 9.19. The Labute approximate surface area is 71.3 Å². The maximum atomic E-state index is 11.3. The molecule has 68 valence electrons. The Balaban J connectivity index is 2.88. The number of rotatable bonds is 3. The monoisotopic (exact) mass is 189 g/mol. The average Bonchev–Trinajstić information content (AvgIpc) is 2.32. The van der Waals surface area contributed by atoms with Gasteiger partial charge in [-0.15, -0.1) is 0 Å². The molecule has 5 nitrogen and oxygen atoms in total. The fourth-order valence-electron chi connectivity index (χ4n) is 0.764. The van der Waals surface area contributed by atoms with Gasteiger partial charge in [0.15, 0.2) is 5.03 Å². The minimum absolute atomic E-state index is 0.0243. The minimum Gasteiger partial charge on any atom is -0.350 e. The first-order valence-electron chi connectivity index (χ1n) is 3.53. The summed E-state index contributed by atoms with van der Waals surface area (Å²) in [4.78, 5) is 6.21. The third-order valence-electron chi connectivity index (χ3n) is 1.14. The molecule has 0 amide bonds. The van der Waals surface area contributed by atoms with Crippen molar-refractivity contribution in [3.63, 3.8) is 0 Å². The van der Waals surface area contributed by atoms with Crippen molar-refractivity contribution in [2.24, 2.45) is 0 Å². The molecule has 1 aromatic rings. The lowest BCUT2D eigenvalue weighted by molar-refractivity contribution is 0.566. The topological polar surface area (TPSA) is 74.8 Å². The van der Waals surface area contributed by atoms with Crippen LogP contribution in [0, 0.1) is 0 Å². The predicted octanol–water partition coefficient (Wildman–Crippen LogP) is 0.0964. The van der Waals surface area contributed by atoms with E-state index < -0.39 is 10.0 Å². The first-order valence-corrected chi connectivity index (χ1v) is 5.02. The van der Waals surface area contributed by atoms with Gasteiger partial charge in [-0.3, -0.25) is 0 Å². The summed E-state index contributed by atoms with van der Waals surface area (Å²) in [6.07, 6.45) is 2.67. The lowest BCUT2D eigenvalue weighted by Crippen LogP contribution is -2.30. The van der Waals surface area contributed by atoms with Crippen molar-refractivity contribution in [1.82, 2.24) is 14.7 Å². The van der Waals surface area contributed by atoms with Crippen LogP contribution in [0.5, 0.6) is 0 Å². The molecular weight excluding hydrogens is 178 g/mol. The predicted molar refractivity (Wildman–Crippen MR) is 44.0 cm³/mol. The van der Waals surface area contributed by atoms with E-state index in [-0.39, 0.29) is 11.1 Å².